The van der Waals surface area contributed by atoms with E-state index in [1.165, 1.54) is 6.07 Å². The molecule has 0 saturated carbocycles. The van der Waals surface area contributed by atoms with Gasteiger partial charge in [0.05, 0.1) is 17.1 Å². The molecule has 1 aromatic rings. The zero-order chi connectivity index (χ0) is 12.5. The molecule has 5 heteroatoms. The number of hydrogen-bond acceptors (Lipinski definition) is 3. The molecule has 0 aliphatic carbocycles. The molecule has 3 nitrogen and oxygen atoms in total. The van der Waals surface area contributed by atoms with Gasteiger partial charge in [-0.2, -0.15) is 0 Å². The molecule has 1 saturated heterocycles. The van der Waals surface area contributed by atoms with Crippen LogP contribution >= 0.6 is 0 Å². The summed E-state index contributed by atoms with van der Waals surface area (Å²) < 4.78 is 36.4. The highest BCUT2D eigenvalue weighted by molar-refractivity contribution is 7.91. The second-order valence-electron chi connectivity index (χ2n) is 4.69. The molecule has 1 atom stereocenters. The van der Waals surface area contributed by atoms with E-state index in [0.29, 0.717) is 18.4 Å². The van der Waals surface area contributed by atoms with Crippen molar-refractivity contribution in [2.45, 2.75) is 24.9 Å². The van der Waals surface area contributed by atoms with Crippen LogP contribution in [0.2, 0.25) is 0 Å². The SMILES string of the molecule is O=S1(=O)CCCC(O)(Cc2ccccc2F)C1. The quantitative estimate of drug-likeness (QED) is 0.870. The lowest BCUT2D eigenvalue weighted by Gasteiger charge is -2.31. The maximum atomic E-state index is 13.4. The first-order valence-electron chi connectivity index (χ1n) is 5.56. The molecule has 1 aliphatic heterocycles. The average molecular weight is 258 g/mol. The van der Waals surface area contributed by atoms with E-state index in [1.807, 2.05) is 0 Å². The molecule has 0 amide bonds. The van der Waals surface area contributed by atoms with E-state index < -0.39 is 21.3 Å². The Morgan fingerprint density at radius 3 is 2.71 bits per heavy atom. The maximum Gasteiger partial charge on any atom is 0.153 e. The summed E-state index contributed by atoms with van der Waals surface area (Å²) in [6.07, 6.45) is 0.896. The van der Waals surface area contributed by atoms with E-state index in [4.69, 9.17) is 0 Å². The fraction of sp³-hybridized carbons (Fsp3) is 0.500. The fourth-order valence-corrected chi connectivity index (χ4v) is 4.10. The summed E-state index contributed by atoms with van der Waals surface area (Å²) >= 11 is 0. The van der Waals surface area contributed by atoms with Crippen molar-refractivity contribution < 1.29 is 17.9 Å². The summed E-state index contributed by atoms with van der Waals surface area (Å²) in [5.41, 5.74) is -0.952. The van der Waals surface area contributed by atoms with E-state index in [-0.39, 0.29) is 17.9 Å². The highest BCUT2D eigenvalue weighted by Gasteiger charge is 2.37. The highest BCUT2D eigenvalue weighted by atomic mass is 32.2. The Labute approximate surface area is 100 Å². The number of halogens is 1. The minimum atomic E-state index is -3.20. The van der Waals surface area contributed by atoms with Gasteiger partial charge in [-0.25, -0.2) is 12.8 Å². The molecule has 1 heterocycles. The summed E-state index contributed by atoms with van der Waals surface area (Å²) in [5.74, 6) is -0.551. The lowest BCUT2D eigenvalue weighted by Crippen LogP contribution is -2.44. The Bertz CT molecular complexity index is 512. The molecule has 94 valence electrons. The van der Waals surface area contributed by atoms with Crippen molar-refractivity contribution in [1.29, 1.82) is 0 Å². The van der Waals surface area contributed by atoms with E-state index in [2.05, 4.69) is 0 Å². The molecule has 17 heavy (non-hydrogen) atoms. The highest BCUT2D eigenvalue weighted by Crippen LogP contribution is 2.27. The van der Waals surface area contributed by atoms with Crippen LogP contribution in [0.1, 0.15) is 18.4 Å². The summed E-state index contributed by atoms with van der Waals surface area (Å²) in [6, 6.07) is 6.14. The van der Waals surface area contributed by atoms with Gasteiger partial charge in [0.15, 0.2) is 9.84 Å². The van der Waals surface area contributed by atoms with Gasteiger partial charge in [-0.1, -0.05) is 18.2 Å². The largest absolute Gasteiger partial charge is 0.388 e. The average Bonchev–Trinajstić information content (AvgIpc) is 2.19. The molecule has 0 radical (unpaired) electrons. The summed E-state index contributed by atoms with van der Waals surface area (Å²) in [4.78, 5) is 0. The van der Waals surface area contributed by atoms with E-state index in [0.717, 1.165) is 0 Å². The van der Waals surface area contributed by atoms with Crippen LogP contribution in [0.15, 0.2) is 24.3 Å². The molecule has 1 N–H and O–H groups in total. The van der Waals surface area contributed by atoms with Gasteiger partial charge in [-0.15, -0.1) is 0 Å². The lowest BCUT2D eigenvalue weighted by atomic mass is 9.91. The van der Waals surface area contributed by atoms with Crippen LogP contribution in [0.3, 0.4) is 0 Å². The van der Waals surface area contributed by atoms with Gasteiger partial charge in [0.2, 0.25) is 0 Å². The third kappa shape index (κ3) is 3.04. The van der Waals surface area contributed by atoms with E-state index in [9.17, 15) is 17.9 Å². The van der Waals surface area contributed by atoms with Crippen LogP contribution in [-0.4, -0.2) is 30.6 Å². The summed E-state index contributed by atoms with van der Waals surface area (Å²) in [7, 11) is -3.20. The molecular formula is C12H15FO3S. The van der Waals surface area contributed by atoms with E-state index in [1.54, 1.807) is 18.2 Å². The minimum absolute atomic E-state index is 0.0545. The zero-order valence-electron chi connectivity index (χ0n) is 9.39. The van der Waals surface area contributed by atoms with Gasteiger partial charge in [-0.3, -0.25) is 0 Å². The first kappa shape index (κ1) is 12.5. The third-order valence-corrected chi connectivity index (χ3v) is 4.95. The van der Waals surface area contributed by atoms with Gasteiger partial charge in [-0.05, 0) is 24.5 Å². The van der Waals surface area contributed by atoms with E-state index >= 15 is 0 Å². The molecule has 1 fully saturated rings. The van der Waals surface area contributed by atoms with Crippen molar-refractivity contribution in [3.8, 4) is 0 Å². The number of hydrogen-bond donors (Lipinski definition) is 1. The number of sulfone groups is 1. The number of benzene rings is 1. The second kappa shape index (κ2) is 4.38. The minimum Gasteiger partial charge on any atom is -0.388 e. The van der Waals surface area contributed by atoms with Gasteiger partial charge in [0.25, 0.3) is 0 Å². The topological polar surface area (TPSA) is 54.4 Å². The van der Waals surface area contributed by atoms with Crippen molar-refractivity contribution in [2.24, 2.45) is 0 Å². The number of aliphatic hydroxyl groups is 1. The van der Waals surface area contributed by atoms with Crippen molar-refractivity contribution in [3.05, 3.63) is 35.6 Å². The maximum absolute atomic E-state index is 13.4. The standard InChI is InChI=1S/C12H15FO3S/c13-11-5-2-1-4-10(11)8-12(14)6-3-7-17(15,16)9-12/h1-2,4-5,14H,3,6-9H2. The van der Waals surface area contributed by atoms with Gasteiger partial charge < -0.3 is 5.11 Å². The van der Waals surface area contributed by atoms with Crippen LogP contribution in [0.25, 0.3) is 0 Å². The number of rotatable bonds is 2. The zero-order valence-corrected chi connectivity index (χ0v) is 10.2. The Kier molecular flexibility index (Phi) is 3.23. The smallest absolute Gasteiger partial charge is 0.153 e. The Morgan fingerprint density at radius 2 is 2.06 bits per heavy atom. The van der Waals surface area contributed by atoms with Crippen molar-refractivity contribution in [2.75, 3.05) is 11.5 Å². The molecule has 1 aromatic carbocycles. The third-order valence-electron chi connectivity index (χ3n) is 3.06. The Morgan fingerprint density at radius 1 is 1.35 bits per heavy atom. The first-order valence-corrected chi connectivity index (χ1v) is 7.39. The Balaban J connectivity index is 2.20. The predicted octanol–water partition coefficient (Wildman–Crippen LogP) is 1.31. The van der Waals surface area contributed by atoms with Crippen molar-refractivity contribution in [1.82, 2.24) is 0 Å². The summed E-state index contributed by atoms with van der Waals surface area (Å²) in [5, 5.41) is 10.2. The first-order chi connectivity index (χ1) is 7.90. The molecule has 0 bridgehead atoms. The fourth-order valence-electron chi connectivity index (χ4n) is 2.31. The van der Waals surface area contributed by atoms with Gasteiger partial charge in [0.1, 0.15) is 5.82 Å². The molecule has 0 aromatic heterocycles. The van der Waals surface area contributed by atoms with Gasteiger partial charge in [0, 0.05) is 6.42 Å². The molecular weight excluding hydrogens is 243 g/mol. The predicted molar refractivity (Wildman–Crippen MR) is 62.9 cm³/mol. The van der Waals surface area contributed by atoms with Crippen LogP contribution in [-0.2, 0) is 16.3 Å². The Hall–Kier alpha value is -0.940. The van der Waals surface area contributed by atoms with Gasteiger partial charge >= 0.3 is 0 Å². The van der Waals surface area contributed by atoms with Crippen LogP contribution in [0.4, 0.5) is 4.39 Å². The van der Waals surface area contributed by atoms with Crippen molar-refractivity contribution in [3.63, 3.8) is 0 Å². The lowest BCUT2D eigenvalue weighted by molar-refractivity contribution is 0.0494. The molecule has 1 aliphatic rings. The molecule has 0 spiro atoms. The van der Waals surface area contributed by atoms with Crippen LogP contribution in [0.5, 0.6) is 0 Å². The van der Waals surface area contributed by atoms with Crippen LogP contribution < -0.4 is 0 Å². The van der Waals surface area contributed by atoms with Crippen LogP contribution in [0, 0.1) is 5.82 Å². The monoisotopic (exact) mass is 258 g/mol. The normalized spacial score (nSPS) is 27.9. The summed E-state index contributed by atoms with van der Waals surface area (Å²) in [6.45, 7) is 0. The second-order valence-corrected chi connectivity index (χ2v) is 6.87. The molecule has 1 unspecified atom stereocenters. The molecule has 2 rings (SSSR count). The van der Waals surface area contributed by atoms with Crippen molar-refractivity contribution >= 4 is 9.84 Å².